The molecule has 7 nitrogen and oxygen atoms in total. The van der Waals surface area contributed by atoms with Crippen LogP contribution in [0.1, 0.15) is 34.3 Å². The molecule has 0 saturated heterocycles. The Morgan fingerprint density at radius 1 is 1.21 bits per heavy atom. The monoisotopic (exact) mass is 394 g/mol. The molecule has 0 radical (unpaired) electrons. The highest BCUT2D eigenvalue weighted by Crippen LogP contribution is 2.37. The lowest BCUT2D eigenvalue weighted by atomic mass is 10.0. The minimum absolute atomic E-state index is 0.101. The predicted octanol–water partition coefficient (Wildman–Crippen LogP) is 1.28. The molecule has 0 bridgehead atoms. The average molecular weight is 394 g/mol. The number of nitrogens with zero attached hydrogens (tertiary/aromatic N) is 2. The van der Waals surface area contributed by atoms with Crippen LogP contribution in [0, 0.1) is 0 Å². The molecule has 1 amide bonds. The van der Waals surface area contributed by atoms with Crippen LogP contribution in [0.3, 0.4) is 0 Å². The third kappa shape index (κ3) is 3.38. The Balaban J connectivity index is 1.87. The first-order valence-corrected chi connectivity index (χ1v) is 9.67. The van der Waals surface area contributed by atoms with Gasteiger partial charge in [0.05, 0.1) is 44.4 Å². The van der Waals surface area contributed by atoms with Crippen LogP contribution in [0.15, 0.2) is 51.8 Å². The number of hydrogen-bond acceptors (Lipinski definition) is 5. The van der Waals surface area contributed by atoms with Gasteiger partial charge in [-0.1, -0.05) is 6.07 Å². The highest BCUT2D eigenvalue weighted by molar-refractivity contribution is 5.99. The summed E-state index contributed by atoms with van der Waals surface area (Å²) in [4.78, 5) is 34.0. The van der Waals surface area contributed by atoms with E-state index in [9.17, 15) is 9.59 Å². The lowest BCUT2D eigenvalue weighted by Crippen LogP contribution is -3.05. The minimum atomic E-state index is -0.543. The molecule has 0 fully saturated rings. The molecule has 0 aliphatic carbocycles. The molecule has 150 valence electrons. The van der Waals surface area contributed by atoms with Crippen molar-refractivity contribution >= 4 is 16.9 Å². The zero-order valence-electron chi connectivity index (χ0n) is 16.8. The largest absolute Gasteiger partial charge is 0.497 e. The van der Waals surface area contributed by atoms with E-state index in [1.807, 2.05) is 18.2 Å². The number of carbonyl (C=O) groups excluding carboxylic acids is 1. The quantitative estimate of drug-likeness (QED) is 0.682. The smallest absolute Gasteiger partial charge is 0.290 e. The summed E-state index contributed by atoms with van der Waals surface area (Å²) in [7, 11) is 5.69. The molecule has 1 aliphatic rings. The number of nitrogens with one attached hydrogen (secondary N) is 1. The molecule has 0 unspecified atom stereocenters. The Morgan fingerprint density at radius 2 is 2.03 bits per heavy atom. The molecule has 7 heteroatoms. The SMILES string of the molecule is COc1ccc2c(=O)c3c(oc2c1)C(=O)N(CCC[NH+](C)C)[C@H]3c1ccccn1. The minimum Gasteiger partial charge on any atom is -0.497 e. The number of amides is 1. The van der Waals surface area contributed by atoms with E-state index in [0.717, 1.165) is 13.0 Å². The summed E-state index contributed by atoms with van der Waals surface area (Å²) in [6.45, 7) is 1.43. The van der Waals surface area contributed by atoms with Crippen molar-refractivity contribution in [2.75, 3.05) is 34.3 Å². The van der Waals surface area contributed by atoms with Crippen molar-refractivity contribution in [1.29, 1.82) is 0 Å². The zero-order valence-corrected chi connectivity index (χ0v) is 16.8. The summed E-state index contributed by atoms with van der Waals surface area (Å²) in [5.74, 6) is 0.396. The topological polar surface area (TPSA) is 77.1 Å². The van der Waals surface area contributed by atoms with Crippen LogP contribution in [0.2, 0.25) is 0 Å². The third-order valence-electron chi connectivity index (χ3n) is 5.22. The van der Waals surface area contributed by atoms with E-state index >= 15 is 0 Å². The van der Waals surface area contributed by atoms with Crippen LogP contribution in [-0.4, -0.2) is 50.1 Å². The molecule has 1 aromatic carbocycles. The molecule has 0 saturated carbocycles. The molecule has 29 heavy (non-hydrogen) atoms. The normalized spacial score (nSPS) is 15.9. The van der Waals surface area contributed by atoms with E-state index in [0.29, 0.717) is 34.5 Å². The first-order chi connectivity index (χ1) is 14.0. The van der Waals surface area contributed by atoms with Crippen molar-refractivity contribution in [2.24, 2.45) is 0 Å². The maximum absolute atomic E-state index is 13.4. The summed E-state index contributed by atoms with van der Waals surface area (Å²) >= 11 is 0. The van der Waals surface area contributed by atoms with Gasteiger partial charge in [-0.3, -0.25) is 14.6 Å². The lowest BCUT2D eigenvalue weighted by molar-refractivity contribution is -0.858. The molecular formula is C22H24N3O4+. The van der Waals surface area contributed by atoms with Gasteiger partial charge in [-0.05, 0) is 24.3 Å². The predicted molar refractivity (Wildman–Crippen MR) is 108 cm³/mol. The number of benzene rings is 1. The van der Waals surface area contributed by atoms with Crippen LogP contribution in [-0.2, 0) is 0 Å². The van der Waals surface area contributed by atoms with Gasteiger partial charge < -0.3 is 19.0 Å². The van der Waals surface area contributed by atoms with Crippen LogP contribution in [0.25, 0.3) is 11.0 Å². The summed E-state index contributed by atoms with van der Waals surface area (Å²) < 4.78 is 11.2. The van der Waals surface area contributed by atoms with E-state index in [-0.39, 0.29) is 17.1 Å². The fraction of sp³-hybridized carbons (Fsp3) is 0.318. The number of aromatic nitrogens is 1. The number of quaternary nitrogens is 1. The summed E-state index contributed by atoms with van der Waals surface area (Å²) in [5, 5.41) is 0.429. The van der Waals surface area contributed by atoms with Crippen molar-refractivity contribution < 1.29 is 18.8 Å². The standard InChI is InChI=1S/C22H23N3O4/c1-24(2)11-6-12-25-19(16-7-4-5-10-23-16)18-20(26)15-9-8-14(28-3)13-17(15)29-21(18)22(25)27/h4-5,7-10,13,19H,6,11-12H2,1-3H3/p+1/t19-/m0/s1. The van der Waals surface area contributed by atoms with Gasteiger partial charge in [0.1, 0.15) is 17.4 Å². The van der Waals surface area contributed by atoms with Crippen LogP contribution in [0.4, 0.5) is 0 Å². The van der Waals surface area contributed by atoms with Crippen LogP contribution < -0.4 is 15.1 Å². The molecule has 4 rings (SSSR count). The van der Waals surface area contributed by atoms with E-state index in [1.54, 1.807) is 36.4 Å². The number of ether oxygens (including phenoxy) is 1. The molecule has 3 heterocycles. The van der Waals surface area contributed by atoms with E-state index in [1.165, 1.54) is 4.90 Å². The van der Waals surface area contributed by atoms with Gasteiger partial charge in [0.15, 0.2) is 5.43 Å². The number of rotatable bonds is 6. The summed E-state index contributed by atoms with van der Waals surface area (Å²) in [5.41, 5.74) is 1.18. The van der Waals surface area contributed by atoms with Gasteiger partial charge in [-0.2, -0.15) is 0 Å². The summed E-state index contributed by atoms with van der Waals surface area (Å²) in [6.07, 6.45) is 2.49. The number of carbonyl (C=O) groups is 1. The molecule has 2 aromatic heterocycles. The first-order valence-electron chi connectivity index (χ1n) is 9.67. The van der Waals surface area contributed by atoms with Gasteiger partial charge in [-0.25, -0.2) is 0 Å². The van der Waals surface area contributed by atoms with Gasteiger partial charge in [0, 0.05) is 25.2 Å². The Kier molecular flexibility index (Phi) is 5.07. The maximum Gasteiger partial charge on any atom is 0.290 e. The molecule has 3 aromatic rings. The average Bonchev–Trinajstić information content (AvgIpc) is 3.00. The van der Waals surface area contributed by atoms with E-state index in [4.69, 9.17) is 9.15 Å². The highest BCUT2D eigenvalue weighted by atomic mass is 16.5. The number of hydrogen-bond donors (Lipinski definition) is 1. The van der Waals surface area contributed by atoms with Crippen molar-refractivity contribution in [3.63, 3.8) is 0 Å². The second-order valence-electron chi connectivity index (χ2n) is 7.50. The first kappa shape index (κ1) is 19.1. The molecule has 1 N–H and O–H groups in total. The lowest BCUT2D eigenvalue weighted by Gasteiger charge is -2.24. The highest BCUT2D eigenvalue weighted by Gasteiger charge is 2.43. The Morgan fingerprint density at radius 3 is 2.72 bits per heavy atom. The van der Waals surface area contributed by atoms with Gasteiger partial charge >= 0.3 is 0 Å². The van der Waals surface area contributed by atoms with Crippen molar-refractivity contribution in [3.8, 4) is 5.75 Å². The number of methoxy groups -OCH3 is 1. The zero-order chi connectivity index (χ0) is 20.5. The third-order valence-corrected chi connectivity index (χ3v) is 5.22. The second-order valence-corrected chi connectivity index (χ2v) is 7.50. The Bertz CT molecular complexity index is 1110. The Labute approximate surface area is 168 Å². The molecule has 1 aliphatic heterocycles. The van der Waals surface area contributed by atoms with E-state index in [2.05, 4.69) is 19.1 Å². The Hall–Kier alpha value is -3.19. The number of pyridine rings is 1. The summed E-state index contributed by atoms with van der Waals surface area (Å²) in [6, 6.07) is 10.0. The van der Waals surface area contributed by atoms with Gasteiger partial charge in [-0.15, -0.1) is 0 Å². The molecular weight excluding hydrogens is 370 g/mol. The fourth-order valence-corrected chi connectivity index (χ4v) is 3.80. The van der Waals surface area contributed by atoms with E-state index < -0.39 is 6.04 Å². The van der Waals surface area contributed by atoms with Crippen molar-refractivity contribution in [1.82, 2.24) is 9.88 Å². The van der Waals surface area contributed by atoms with Gasteiger partial charge in [0.2, 0.25) is 5.76 Å². The van der Waals surface area contributed by atoms with Crippen molar-refractivity contribution in [2.45, 2.75) is 12.5 Å². The second kappa shape index (κ2) is 7.67. The fourth-order valence-electron chi connectivity index (χ4n) is 3.80. The van der Waals surface area contributed by atoms with Crippen molar-refractivity contribution in [3.05, 3.63) is 69.8 Å². The van der Waals surface area contributed by atoms with Crippen LogP contribution in [0.5, 0.6) is 5.75 Å². The number of fused-ring (bicyclic) bond motifs is 2. The maximum atomic E-state index is 13.4. The van der Waals surface area contributed by atoms with Crippen LogP contribution >= 0.6 is 0 Å². The molecule has 1 atom stereocenters. The van der Waals surface area contributed by atoms with Gasteiger partial charge in [0.25, 0.3) is 5.91 Å². The molecule has 0 spiro atoms.